The molecule has 1 heterocycles. The molecule has 0 radical (unpaired) electrons. The summed E-state index contributed by atoms with van der Waals surface area (Å²) in [6.07, 6.45) is 1.50. The Morgan fingerprint density at radius 3 is 1.22 bits per heavy atom. The molecule has 1 aliphatic heterocycles. The van der Waals surface area contributed by atoms with E-state index < -0.39 is 0 Å². The molecular formula is C34H23NO. The van der Waals surface area contributed by atoms with Crippen molar-refractivity contribution in [2.75, 3.05) is 11.4 Å². The van der Waals surface area contributed by atoms with Crippen LogP contribution in [0.15, 0.2) is 103 Å². The highest BCUT2D eigenvalue weighted by molar-refractivity contribution is 6.39. The fourth-order valence-corrected chi connectivity index (χ4v) is 6.57. The first-order valence-corrected chi connectivity index (χ1v) is 12.7. The molecule has 0 spiro atoms. The van der Waals surface area contributed by atoms with Gasteiger partial charge in [0.2, 0.25) is 5.91 Å². The third-order valence-electron chi connectivity index (χ3n) is 8.05. The maximum atomic E-state index is 13.4. The first kappa shape index (κ1) is 19.8. The molecule has 36 heavy (non-hydrogen) atoms. The minimum atomic E-state index is 0.221. The van der Waals surface area contributed by atoms with Gasteiger partial charge in [-0.1, -0.05) is 97.1 Å². The van der Waals surface area contributed by atoms with Crippen LogP contribution in [0.1, 0.15) is 12.8 Å². The van der Waals surface area contributed by atoms with Gasteiger partial charge in [0.25, 0.3) is 0 Å². The van der Waals surface area contributed by atoms with Crippen LogP contribution in [0, 0.1) is 0 Å². The lowest BCUT2D eigenvalue weighted by molar-refractivity contribution is -0.117. The van der Waals surface area contributed by atoms with Gasteiger partial charge in [-0.2, -0.15) is 0 Å². The molecule has 1 aliphatic rings. The number of hydrogen-bond acceptors (Lipinski definition) is 1. The SMILES string of the molecule is O=C1CCCN1c1c2c3ccccc3c3ccccc3c2cc2c3ccccc3c3ccccc3c12. The summed E-state index contributed by atoms with van der Waals surface area (Å²) in [6.45, 7) is 0.759. The smallest absolute Gasteiger partial charge is 0.227 e. The van der Waals surface area contributed by atoms with Crippen LogP contribution in [0.5, 0.6) is 0 Å². The van der Waals surface area contributed by atoms with E-state index in [9.17, 15) is 4.79 Å². The highest BCUT2D eigenvalue weighted by Crippen LogP contribution is 2.48. The molecule has 0 unspecified atom stereocenters. The highest BCUT2D eigenvalue weighted by atomic mass is 16.2. The molecule has 2 nitrogen and oxygen atoms in total. The molecule has 0 aliphatic carbocycles. The number of benzene rings is 7. The fraction of sp³-hybridized carbons (Fsp3) is 0.0882. The molecule has 1 amide bonds. The van der Waals surface area contributed by atoms with Crippen molar-refractivity contribution in [1.29, 1.82) is 0 Å². The molecule has 7 aromatic carbocycles. The van der Waals surface area contributed by atoms with Crippen LogP contribution in [0.3, 0.4) is 0 Å². The molecule has 0 atom stereocenters. The Hall–Kier alpha value is -4.43. The number of rotatable bonds is 1. The van der Waals surface area contributed by atoms with Gasteiger partial charge in [0.15, 0.2) is 0 Å². The highest BCUT2D eigenvalue weighted by Gasteiger charge is 2.28. The van der Waals surface area contributed by atoms with E-state index in [-0.39, 0.29) is 5.91 Å². The van der Waals surface area contributed by atoms with Gasteiger partial charge in [0, 0.05) is 23.7 Å². The maximum Gasteiger partial charge on any atom is 0.227 e. The van der Waals surface area contributed by atoms with Crippen molar-refractivity contribution in [2.45, 2.75) is 12.8 Å². The van der Waals surface area contributed by atoms with Gasteiger partial charge in [0.1, 0.15) is 0 Å². The summed E-state index contributed by atoms with van der Waals surface area (Å²) in [4.78, 5) is 15.5. The summed E-state index contributed by atoms with van der Waals surface area (Å²) < 4.78 is 0. The summed E-state index contributed by atoms with van der Waals surface area (Å²) in [5, 5.41) is 14.7. The Morgan fingerprint density at radius 2 is 0.833 bits per heavy atom. The number of carbonyl (C=O) groups is 1. The van der Waals surface area contributed by atoms with E-state index in [1.165, 1.54) is 64.6 Å². The molecule has 1 fully saturated rings. The van der Waals surface area contributed by atoms with Crippen LogP contribution < -0.4 is 4.90 Å². The average Bonchev–Trinajstić information content (AvgIpc) is 3.37. The Balaban J connectivity index is 1.77. The minimum absolute atomic E-state index is 0.221. The van der Waals surface area contributed by atoms with Gasteiger partial charge in [-0.25, -0.2) is 0 Å². The topological polar surface area (TPSA) is 20.3 Å². The third kappa shape index (κ3) is 2.54. The van der Waals surface area contributed by atoms with Crippen LogP contribution >= 0.6 is 0 Å². The van der Waals surface area contributed by atoms with Gasteiger partial charge in [0.05, 0.1) is 5.69 Å². The number of carbonyl (C=O) groups excluding carboxylic acids is 1. The van der Waals surface area contributed by atoms with E-state index in [4.69, 9.17) is 0 Å². The van der Waals surface area contributed by atoms with Crippen molar-refractivity contribution < 1.29 is 4.79 Å². The Morgan fingerprint density at radius 1 is 0.472 bits per heavy atom. The molecule has 0 aromatic heterocycles. The van der Waals surface area contributed by atoms with Crippen molar-refractivity contribution in [3.8, 4) is 0 Å². The predicted molar refractivity (Wildman–Crippen MR) is 153 cm³/mol. The molecule has 0 bridgehead atoms. The second-order valence-electron chi connectivity index (χ2n) is 9.90. The van der Waals surface area contributed by atoms with E-state index in [2.05, 4.69) is 108 Å². The van der Waals surface area contributed by atoms with Gasteiger partial charge in [-0.3, -0.25) is 4.79 Å². The standard InChI is InChI=1S/C34H23NO/c36-31-18-9-19-35(31)34-32-27-16-7-5-12-23(27)21-10-1-3-14-25(21)29(32)20-30-26-15-4-2-11-22(26)24-13-6-8-17-28(24)33(30)34/h1-8,10-17,20H,9,18-19H2. The first-order chi connectivity index (χ1) is 17.8. The molecule has 7 aromatic rings. The van der Waals surface area contributed by atoms with Gasteiger partial charge in [-0.15, -0.1) is 0 Å². The fourth-order valence-electron chi connectivity index (χ4n) is 6.57. The number of hydrogen-bond donors (Lipinski definition) is 0. The molecule has 1 saturated heterocycles. The van der Waals surface area contributed by atoms with E-state index >= 15 is 0 Å². The largest absolute Gasteiger partial charge is 0.311 e. The molecule has 2 heteroatoms. The molecule has 0 N–H and O–H groups in total. The van der Waals surface area contributed by atoms with Crippen molar-refractivity contribution in [3.05, 3.63) is 103 Å². The zero-order valence-corrected chi connectivity index (χ0v) is 19.8. The van der Waals surface area contributed by atoms with Crippen LogP contribution in [0.2, 0.25) is 0 Å². The third-order valence-corrected chi connectivity index (χ3v) is 8.05. The summed E-state index contributed by atoms with van der Waals surface area (Å²) in [7, 11) is 0. The molecular weight excluding hydrogens is 438 g/mol. The second kappa shape index (κ2) is 7.29. The molecule has 8 rings (SSSR count). The van der Waals surface area contributed by atoms with Crippen LogP contribution in [-0.2, 0) is 4.79 Å². The van der Waals surface area contributed by atoms with Crippen molar-refractivity contribution in [1.82, 2.24) is 0 Å². The average molecular weight is 462 g/mol. The first-order valence-electron chi connectivity index (χ1n) is 12.7. The zero-order valence-electron chi connectivity index (χ0n) is 19.8. The number of nitrogens with zero attached hydrogens (tertiary/aromatic N) is 1. The number of amides is 1. The Kier molecular flexibility index (Phi) is 4.01. The second-order valence-corrected chi connectivity index (χ2v) is 9.90. The number of anilines is 1. The summed E-state index contributed by atoms with van der Waals surface area (Å²) in [6, 6.07) is 37.1. The van der Waals surface area contributed by atoms with Crippen molar-refractivity contribution >= 4 is 76.2 Å². The van der Waals surface area contributed by atoms with E-state index in [1.807, 2.05) is 0 Å². The van der Waals surface area contributed by atoms with E-state index in [0.717, 1.165) is 18.7 Å². The Bertz CT molecular complexity index is 1920. The Labute approximate surface area is 208 Å². The maximum absolute atomic E-state index is 13.4. The van der Waals surface area contributed by atoms with Crippen LogP contribution in [0.4, 0.5) is 5.69 Å². The lowest BCUT2D eigenvalue weighted by atomic mass is 9.87. The summed E-state index contributed by atoms with van der Waals surface area (Å²) in [5.74, 6) is 0.221. The monoisotopic (exact) mass is 461 g/mol. The van der Waals surface area contributed by atoms with Crippen molar-refractivity contribution in [2.24, 2.45) is 0 Å². The van der Waals surface area contributed by atoms with Crippen molar-refractivity contribution in [3.63, 3.8) is 0 Å². The lowest BCUT2D eigenvalue weighted by Crippen LogP contribution is -2.24. The quantitative estimate of drug-likeness (QED) is 0.177. The normalized spacial score (nSPS) is 14.3. The summed E-state index contributed by atoms with van der Waals surface area (Å²) >= 11 is 0. The van der Waals surface area contributed by atoms with Crippen LogP contribution in [-0.4, -0.2) is 12.5 Å². The van der Waals surface area contributed by atoms with Gasteiger partial charge < -0.3 is 4.90 Å². The predicted octanol–water partition coefficient (Wildman–Crippen LogP) is 8.73. The van der Waals surface area contributed by atoms with Gasteiger partial charge in [-0.05, 0) is 66.3 Å². The number of fused-ring (bicyclic) bond motifs is 12. The van der Waals surface area contributed by atoms with Crippen LogP contribution in [0.25, 0.3) is 64.6 Å². The minimum Gasteiger partial charge on any atom is -0.311 e. The molecule has 0 saturated carbocycles. The van der Waals surface area contributed by atoms with E-state index in [0.29, 0.717) is 6.42 Å². The lowest BCUT2D eigenvalue weighted by Gasteiger charge is -2.25. The summed E-state index contributed by atoms with van der Waals surface area (Å²) in [5.41, 5.74) is 1.08. The van der Waals surface area contributed by atoms with Gasteiger partial charge >= 0.3 is 0 Å². The zero-order chi connectivity index (χ0) is 23.8. The van der Waals surface area contributed by atoms with E-state index in [1.54, 1.807) is 0 Å². The molecule has 170 valence electrons.